The minimum Gasteiger partial charge on any atom is -0.321 e. The van der Waals surface area contributed by atoms with Crippen LogP contribution in [0.1, 0.15) is 26.2 Å². The number of hydrogen-bond acceptors (Lipinski definition) is 2. The lowest BCUT2D eigenvalue weighted by atomic mass is 9.80. The molecule has 0 amide bonds. The summed E-state index contributed by atoms with van der Waals surface area (Å²) in [6, 6.07) is 0.406. The van der Waals surface area contributed by atoms with Crippen molar-refractivity contribution < 1.29 is 0 Å². The maximum absolute atomic E-state index is 8.24. The molecule has 1 unspecified atom stereocenters. The molecular formula is C7H12N2. The molecule has 0 aromatic heterocycles. The molecule has 1 aliphatic rings. The summed E-state index contributed by atoms with van der Waals surface area (Å²) < 4.78 is 0. The Morgan fingerprint density at radius 2 is 2.33 bits per heavy atom. The highest BCUT2D eigenvalue weighted by molar-refractivity contribution is 4.83. The fraction of sp³-hybridized carbons (Fsp3) is 0.857. The molecule has 1 atom stereocenters. The van der Waals surface area contributed by atoms with Gasteiger partial charge in [0.25, 0.3) is 0 Å². The molecule has 0 heterocycles. The van der Waals surface area contributed by atoms with Gasteiger partial charge in [-0.25, -0.2) is 0 Å². The van der Waals surface area contributed by atoms with E-state index in [1.54, 1.807) is 0 Å². The number of nitrogens with zero attached hydrogens (tertiary/aromatic N) is 1. The van der Waals surface area contributed by atoms with E-state index >= 15 is 0 Å². The van der Waals surface area contributed by atoms with Crippen molar-refractivity contribution in [2.45, 2.75) is 32.2 Å². The molecule has 1 aliphatic carbocycles. The Morgan fingerprint density at radius 1 is 1.67 bits per heavy atom. The smallest absolute Gasteiger partial charge is 0.176 e. The monoisotopic (exact) mass is 124 g/mol. The second kappa shape index (κ2) is 2.72. The predicted molar refractivity (Wildman–Crippen MR) is 35.6 cm³/mol. The van der Waals surface area contributed by atoms with Gasteiger partial charge in [-0.1, -0.05) is 6.42 Å². The summed E-state index contributed by atoms with van der Waals surface area (Å²) in [5.74, 6) is 0.768. The summed E-state index contributed by atoms with van der Waals surface area (Å²) in [7, 11) is 0. The first-order valence-electron chi connectivity index (χ1n) is 3.49. The van der Waals surface area contributed by atoms with Crippen molar-refractivity contribution in [2.75, 3.05) is 0 Å². The van der Waals surface area contributed by atoms with Gasteiger partial charge in [0.1, 0.15) is 0 Å². The van der Waals surface area contributed by atoms with Gasteiger partial charge in [0, 0.05) is 6.04 Å². The molecule has 1 N–H and O–H groups in total. The summed E-state index contributed by atoms with van der Waals surface area (Å²) >= 11 is 0. The molecule has 0 saturated heterocycles. The summed E-state index contributed by atoms with van der Waals surface area (Å²) in [6.45, 7) is 2.08. The summed E-state index contributed by atoms with van der Waals surface area (Å²) in [5.41, 5.74) is 0. The summed E-state index contributed by atoms with van der Waals surface area (Å²) in [4.78, 5) is 0. The van der Waals surface area contributed by atoms with Crippen molar-refractivity contribution in [3.05, 3.63) is 0 Å². The Morgan fingerprint density at radius 3 is 2.67 bits per heavy atom. The first-order chi connectivity index (χ1) is 4.34. The van der Waals surface area contributed by atoms with E-state index in [0.717, 1.165) is 5.92 Å². The van der Waals surface area contributed by atoms with Crippen molar-refractivity contribution in [3.8, 4) is 6.19 Å². The maximum Gasteiger partial charge on any atom is 0.176 e. The second-order valence-corrected chi connectivity index (χ2v) is 2.74. The lowest BCUT2D eigenvalue weighted by molar-refractivity contribution is 0.256. The Bertz CT molecular complexity index is 121. The largest absolute Gasteiger partial charge is 0.321 e. The lowest BCUT2D eigenvalue weighted by Crippen LogP contribution is -2.34. The quantitative estimate of drug-likeness (QED) is 0.444. The Labute approximate surface area is 55.9 Å². The van der Waals surface area contributed by atoms with Crippen LogP contribution in [0.3, 0.4) is 0 Å². The fourth-order valence-corrected chi connectivity index (χ4v) is 1.16. The Balaban J connectivity index is 2.17. The normalized spacial score (nSPS) is 21.8. The molecule has 1 rings (SSSR count). The second-order valence-electron chi connectivity index (χ2n) is 2.74. The van der Waals surface area contributed by atoms with E-state index in [1.165, 1.54) is 19.3 Å². The number of rotatable bonds is 2. The van der Waals surface area contributed by atoms with Gasteiger partial charge in [-0.15, -0.1) is 0 Å². The van der Waals surface area contributed by atoms with E-state index in [9.17, 15) is 0 Å². The van der Waals surface area contributed by atoms with Crippen LogP contribution in [0.4, 0.5) is 0 Å². The van der Waals surface area contributed by atoms with Crippen LogP contribution in [-0.4, -0.2) is 6.04 Å². The van der Waals surface area contributed by atoms with Crippen LogP contribution in [0.5, 0.6) is 0 Å². The van der Waals surface area contributed by atoms with Gasteiger partial charge < -0.3 is 5.32 Å². The van der Waals surface area contributed by atoms with Crippen LogP contribution >= 0.6 is 0 Å². The Kier molecular flexibility index (Phi) is 1.94. The van der Waals surface area contributed by atoms with Crippen molar-refractivity contribution in [1.29, 1.82) is 5.26 Å². The molecule has 50 valence electrons. The third-order valence-electron chi connectivity index (χ3n) is 2.15. The van der Waals surface area contributed by atoms with Crippen LogP contribution in [0.2, 0.25) is 0 Å². The molecule has 2 nitrogen and oxygen atoms in total. The zero-order chi connectivity index (χ0) is 6.69. The van der Waals surface area contributed by atoms with Gasteiger partial charge in [0.05, 0.1) is 0 Å². The SMILES string of the molecule is CC(NC#N)C1CCC1. The summed E-state index contributed by atoms with van der Waals surface area (Å²) in [5, 5.41) is 11.0. The molecule has 0 aliphatic heterocycles. The molecular weight excluding hydrogens is 112 g/mol. The minimum atomic E-state index is 0.406. The first-order valence-corrected chi connectivity index (χ1v) is 3.49. The standard InChI is InChI=1S/C7H12N2/c1-6(9-5-8)7-3-2-4-7/h6-7,9H,2-4H2,1H3. The molecule has 0 spiro atoms. The maximum atomic E-state index is 8.24. The van der Waals surface area contributed by atoms with Gasteiger partial charge >= 0.3 is 0 Å². The van der Waals surface area contributed by atoms with Gasteiger partial charge in [-0.05, 0) is 25.7 Å². The van der Waals surface area contributed by atoms with Crippen LogP contribution < -0.4 is 5.32 Å². The molecule has 9 heavy (non-hydrogen) atoms. The van der Waals surface area contributed by atoms with E-state index in [0.29, 0.717) is 6.04 Å². The third kappa shape index (κ3) is 1.35. The van der Waals surface area contributed by atoms with Crippen LogP contribution in [0, 0.1) is 17.4 Å². The van der Waals surface area contributed by atoms with E-state index in [4.69, 9.17) is 5.26 Å². The van der Waals surface area contributed by atoms with E-state index in [-0.39, 0.29) is 0 Å². The zero-order valence-corrected chi connectivity index (χ0v) is 5.72. The topological polar surface area (TPSA) is 35.8 Å². The Hall–Kier alpha value is -0.710. The van der Waals surface area contributed by atoms with E-state index in [2.05, 4.69) is 12.2 Å². The molecule has 1 fully saturated rings. The lowest BCUT2D eigenvalue weighted by Gasteiger charge is -2.30. The first kappa shape index (κ1) is 6.41. The molecule has 1 saturated carbocycles. The van der Waals surface area contributed by atoms with Crippen LogP contribution in [-0.2, 0) is 0 Å². The van der Waals surface area contributed by atoms with Crippen molar-refractivity contribution in [1.82, 2.24) is 5.32 Å². The third-order valence-corrected chi connectivity index (χ3v) is 2.15. The molecule has 0 radical (unpaired) electrons. The van der Waals surface area contributed by atoms with Crippen molar-refractivity contribution >= 4 is 0 Å². The highest BCUT2D eigenvalue weighted by atomic mass is 14.9. The van der Waals surface area contributed by atoms with Crippen molar-refractivity contribution in [3.63, 3.8) is 0 Å². The molecule has 0 aromatic carbocycles. The van der Waals surface area contributed by atoms with Gasteiger partial charge in [-0.2, -0.15) is 5.26 Å². The van der Waals surface area contributed by atoms with E-state index in [1.807, 2.05) is 6.19 Å². The number of hydrogen-bond donors (Lipinski definition) is 1. The molecule has 2 heteroatoms. The minimum absolute atomic E-state index is 0.406. The van der Waals surface area contributed by atoms with Crippen molar-refractivity contribution in [2.24, 2.45) is 5.92 Å². The van der Waals surface area contributed by atoms with Crippen LogP contribution in [0.25, 0.3) is 0 Å². The average molecular weight is 124 g/mol. The highest BCUT2D eigenvalue weighted by Crippen LogP contribution is 2.28. The van der Waals surface area contributed by atoms with Gasteiger partial charge in [0.2, 0.25) is 0 Å². The number of nitriles is 1. The highest BCUT2D eigenvalue weighted by Gasteiger charge is 2.22. The average Bonchev–Trinajstić information content (AvgIpc) is 1.60. The van der Waals surface area contributed by atoms with E-state index < -0.39 is 0 Å². The molecule has 0 aromatic rings. The fourth-order valence-electron chi connectivity index (χ4n) is 1.16. The van der Waals surface area contributed by atoms with Gasteiger partial charge in [-0.3, -0.25) is 0 Å². The molecule has 0 bridgehead atoms. The predicted octanol–water partition coefficient (Wildman–Crippen LogP) is 1.25. The number of nitrogens with one attached hydrogen (secondary N) is 1. The van der Waals surface area contributed by atoms with Crippen LogP contribution in [0.15, 0.2) is 0 Å². The van der Waals surface area contributed by atoms with Gasteiger partial charge in [0.15, 0.2) is 6.19 Å². The summed E-state index contributed by atoms with van der Waals surface area (Å²) in [6.07, 6.45) is 5.92. The zero-order valence-electron chi connectivity index (χ0n) is 5.72.